The molecule has 0 N–H and O–H groups in total. The summed E-state index contributed by atoms with van der Waals surface area (Å²) >= 11 is 0. The first-order chi connectivity index (χ1) is 24.2. The maximum absolute atomic E-state index is 11.4. The molecule has 0 aliphatic carbocycles. The number of benzene rings is 2. The van der Waals surface area contributed by atoms with Crippen molar-refractivity contribution in [2.24, 2.45) is 0 Å². The van der Waals surface area contributed by atoms with Gasteiger partial charge in [-0.1, -0.05) is 171 Å². The minimum Gasteiger partial charge on any atom is -0.493 e. The monoisotopic (exact) mass is 789 g/mol. The van der Waals surface area contributed by atoms with Crippen LogP contribution < -0.4 is 0 Å². The predicted molar refractivity (Wildman–Crippen MR) is 224 cm³/mol. The zero-order chi connectivity index (χ0) is 37.1. The van der Waals surface area contributed by atoms with Gasteiger partial charge in [0.15, 0.2) is 0 Å². The van der Waals surface area contributed by atoms with Crippen molar-refractivity contribution in [2.45, 2.75) is 197 Å². The Hall–Kier alpha value is -1.82. The fraction of sp³-hybridized carbons (Fsp3) is 0.625. The molecule has 0 spiro atoms. The van der Waals surface area contributed by atoms with Crippen molar-refractivity contribution in [1.82, 2.24) is 0 Å². The van der Waals surface area contributed by atoms with E-state index in [2.05, 4.69) is 106 Å². The SMILES string of the molecule is CCCCC1=C(c2cc(C)cc(C)c2)[N+](=[N-])C(c2cc(C)cc(C)c2)=C1CC.[CH2-]CCCCCCCCCC.[CH2-]CCCCCCCCCC.[Pd+2]. The number of nitrogens with zero attached hydrogens (tertiary/aromatic N) is 2. The van der Waals surface area contributed by atoms with Crippen LogP contribution in [0.4, 0.5) is 0 Å². The van der Waals surface area contributed by atoms with Gasteiger partial charge < -0.3 is 19.4 Å². The van der Waals surface area contributed by atoms with Crippen LogP contribution >= 0.6 is 0 Å². The Morgan fingerprint density at radius 2 is 0.765 bits per heavy atom. The Morgan fingerprint density at radius 1 is 0.451 bits per heavy atom. The molecule has 2 nitrogen and oxygen atoms in total. The summed E-state index contributed by atoms with van der Waals surface area (Å²) in [5, 5.41) is 0. The van der Waals surface area contributed by atoms with Crippen molar-refractivity contribution in [3.8, 4) is 0 Å². The third-order valence-corrected chi connectivity index (χ3v) is 9.69. The molecule has 0 amide bonds. The molecule has 0 aromatic heterocycles. The quantitative estimate of drug-likeness (QED) is 0.0491. The van der Waals surface area contributed by atoms with Gasteiger partial charge in [-0.3, -0.25) is 0 Å². The molecule has 0 radical (unpaired) electrons. The van der Waals surface area contributed by atoms with Crippen molar-refractivity contribution in [1.29, 1.82) is 0 Å². The van der Waals surface area contributed by atoms with Crippen LogP contribution in [-0.4, -0.2) is 4.70 Å². The summed E-state index contributed by atoms with van der Waals surface area (Å²) < 4.78 is 1.46. The zero-order valence-electron chi connectivity index (χ0n) is 34.6. The normalized spacial score (nSPS) is 12.4. The van der Waals surface area contributed by atoms with Crippen LogP contribution in [0, 0.1) is 41.5 Å². The van der Waals surface area contributed by atoms with E-state index in [9.17, 15) is 5.53 Å². The fourth-order valence-electron chi connectivity index (χ4n) is 7.09. The van der Waals surface area contributed by atoms with E-state index in [0.717, 1.165) is 61.0 Å². The molecule has 0 atom stereocenters. The molecule has 0 unspecified atom stereocenters. The molecular weight excluding hydrogens is 711 g/mol. The van der Waals surface area contributed by atoms with Gasteiger partial charge in [0.2, 0.25) is 11.4 Å². The molecule has 1 aliphatic rings. The average molecular weight is 790 g/mol. The summed E-state index contributed by atoms with van der Waals surface area (Å²) in [7, 11) is 0. The first kappa shape index (κ1) is 49.2. The molecule has 2 aromatic carbocycles. The van der Waals surface area contributed by atoms with Crippen LogP contribution in [0.3, 0.4) is 0 Å². The summed E-state index contributed by atoms with van der Waals surface area (Å²) in [4.78, 5) is 0. The Morgan fingerprint density at radius 3 is 1.08 bits per heavy atom. The number of unbranched alkanes of at least 4 members (excludes halogenated alkanes) is 17. The maximum Gasteiger partial charge on any atom is 2.00 e. The molecule has 0 saturated carbocycles. The number of rotatable bonds is 22. The molecule has 0 fully saturated rings. The Kier molecular flexibility index (Phi) is 29.5. The summed E-state index contributed by atoms with van der Waals surface area (Å²) in [5.41, 5.74) is 23.0. The number of hydrogen-bond donors (Lipinski definition) is 0. The van der Waals surface area contributed by atoms with Gasteiger partial charge in [0, 0.05) is 22.3 Å². The van der Waals surface area contributed by atoms with Crippen LogP contribution in [0.2, 0.25) is 0 Å². The van der Waals surface area contributed by atoms with Gasteiger partial charge in [0.05, 0.1) is 0 Å². The Balaban J connectivity index is 0.000000902. The van der Waals surface area contributed by atoms with E-state index in [-0.39, 0.29) is 20.4 Å². The zero-order valence-corrected chi connectivity index (χ0v) is 36.2. The minimum atomic E-state index is 0. The molecule has 3 rings (SSSR count). The van der Waals surface area contributed by atoms with Crippen LogP contribution in [0.25, 0.3) is 16.9 Å². The Labute approximate surface area is 331 Å². The molecule has 290 valence electrons. The molecular formula is C48H78N2Pd. The summed E-state index contributed by atoms with van der Waals surface area (Å²) in [6.45, 7) is 25.1. The number of hydrogen-bond acceptors (Lipinski definition) is 0. The molecule has 1 heterocycles. The van der Waals surface area contributed by atoms with Gasteiger partial charge in [-0.15, -0.1) is 0 Å². The Bertz CT molecular complexity index is 1210. The van der Waals surface area contributed by atoms with Gasteiger partial charge in [-0.2, -0.15) is 12.8 Å². The molecule has 1 aliphatic heterocycles. The molecule has 2 aromatic rings. The summed E-state index contributed by atoms with van der Waals surface area (Å²) in [6.07, 6.45) is 29.0. The largest absolute Gasteiger partial charge is 2.00 e. The van der Waals surface area contributed by atoms with E-state index in [1.54, 1.807) is 0 Å². The van der Waals surface area contributed by atoms with Crippen molar-refractivity contribution in [2.75, 3.05) is 0 Å². The number of allylic oxidation sites excluding steroid dienone is 2. The van der Waals surface area contributed by atoms with Gasteiger partial charge in [-0.25, -0.2) is 4.70 Å². The van der Waals surface area contributed by atoms with Gasteiger partial charge in [0.1, 0.15) is 0 Å². The third-order valence-electron chi connectivity index (χ3n) is 9.69. The van der Waals surface area contributed by atoms with E-state index in [0.29, 0.717) is 0 Å². The second-order valence-corrected chi connectivity index (χ2v) is 14.8. The van der Waals surface area contributed by atoms with Crippen molar-refractivity contribution in [3.05, 3.63) is 100 Å². The van der Waals surface area contributed by atoms with Gasteiger partial charge in [-0.05, 0) is 71.2 Å². The second-order valence-electron chi connectivity index (χ2n) is 14.8. The third kappa shape index (κ3) is 19.7. The second kappa shape index (κ2) is 30.6. The number of aryl methyl sites for hydroxylation is 4. The standard InChI is InChI=1S/C26H32N2.2C11H23.Pd/c1-7-9-10-24-23(8-2)25(21-13-17(3)11-18(4)14-21)28(27)26(24)22-15-19(5)12-20(6)16-22;2*1-3-5-7-9-11-10-8-6-4-2;/h11-16H,7-10H2,1-6H3;2*1,3-11H2,2H3;/q;2*-1;+2. The van der Waals surface area contributed by atoms with Crippen LogP contribution in [-0.2, 0) is 20.4 Å². The molecule has 0 bridgehead atoms. The maximum atomic E-state index is 11.4. The van der Waals surface area contributed by atoms with Crippen LogP contribution in [0.5, 0.6) is 0 Å². The van der Waals surface area contributed by atoms with E-state index < -0.39 is 0 Å². The molecule has 0 saturated heterocycles. The predicted octanol–water partition coefficient (Wildman–Crippen LogP) is 16.4. The van der Waals surface area contributed by atoms with Crippen LogP contribution in [0.1, 0.15) is 202 Å². The van der Waals surface area contributed by atoms with Crippen molar-refractivity contribution in [3.63, 3.8) is 0 Å². The van der Waals surface area contributed by atoms with Crippen LogP contribution in [0.15, 0.2) is 47.5 Å². The molecule has 3 heteroatoms. The summed E-state index contributed by atoms with van der Waals surface area (Å²) in [5.74, 6) is 0. The van der Waals surface area contributed by atoms with E-state index >= 15 is 0 Å². The van der Waals surface area contributed by atoms with Gasteiger partial charge >= 0.3 is 20.4 Å². The van der Waals surface area contributed by atoms with E-state index in [1.807, 2.05) is 0 Å². The first-order valence-electron chi connectivity index (χ1n) is 20.9. The topological polar surface area (TPSA) is 25.3 Å². The van der Waals surface area contributed by atoms with E-state index in [1.165, 1.54) is 141 Å². The van der Waals surface area contributed by atoms with E-state index in [4.69, 9.17) is 0 Å². The summed E-state index contributed by atoms with van der Waals surface area (Å²) in [6, 6.07) is 13.1. The molecule has 51 heavy (non-hydrogen) atoms. The van der Waals surface area contributed by atoms with Crippen molar-refractivity contribution >= 4 is 11.4 Å². The van der Waals surface area contributed by atoms with Gasteiger partial charge in [0.25, 0.3) is 0 Å². The fourth-order valence-corrected chi connectivity index (χ4v) is 7.09. The van der Waals surface area contributed by atoms with Crippen molar-refractivity contribution < 1.29 is 25.1 Å². The minimum absolute atomic E-state index is 0. The smallest absolute Gasteiger partial charge is 0.493 e. The first-order valence-corrected chi connectivity index (χ1v) is 20.9. The average Bonchev–Trinajstić information content (AvgIpc) is 3.37.